The zero-order chi connectivity index (χ0) is 10.6. The Bertz CT molecular complexity index is 310. The molecular weight excluding hydrogens is 246 g/mol. The summed E-state index contributed by atoms with van der Waals surface area (Å²) in [5, 5.41) is 10.4. The van der Waals surface area contributed by atoms with Crippen LogP contribution in [0.15, 0.2) is 28.7 Å². The van der Waals surface area contributed by atoms with Crippen molar-refractivity contribution in [2.24, 2.45) is 0 Å². The Labute approximate surface area is 91.4 Å². The fraction of sp³-hybridized carbons (Fsp3) is 0.400. The topological polar surface area (TPSA) is 43.1 Å². The van der Waals surface area contributed by atoms with Crippen molar-refractivity contribution in [2.75, 3.05) is 6.54 Å². The Hall–Kier alpha value is -0.900. The Morgan fingerprint density at radius 2 is 2.00 bits per heavy atom. The average Bonchev–Trinajstić information content (AvgIpc) is 2.15. The maximum atomic E-state index is 10.4. The number of hydrogen-bond acceptors (Lipinski definition) is 2. The highest BCUT2D eigenvalue weighted by molar-refractivity contribution is 9.10. The van der Waals surface area contributed by atoms with E-state index >= 15 is 0 Å². The molecule has 1 aromatic rings. The minimum atomic E-state index is -0.254. The maximum Gasteiger partial charge on any atom is 0.210 e. The molecule has 0 amide bonds. The lowest BCUT2D eigenvalue weighted by Gasteiger charge is -2.10. The van der Waals surface area contributed by atoms with Crippen LogP contribution >= 0.6 is 15.9 Å². The van der Waals surface area contributed by atoms with Crippen molar-refractivity contribution in [2.45, 2.75) is 19.3 Å². The van der Waals surface area contributed by atoms with E-state index in [1.807, 2.05) is 31.2 Å². The average molecular weight is 258 g/mol. The van der Waals surface area contributed by atoms with E-state index in [0.717, 1.165) is 16.5 Å². The highest BCUT2D eigenvalue weighted by atomic mass is 79.9. The normalized spacial score (nSPS) is 12.4. The van der Waals surface area contributed by atoms with Crippen molar-refractivity contribution in [1.29, 1.82) is 0 Å². The van der Waals surface area contributed by atoms with Gasteiger partial charge in [0.05, 0.1) is 0 Å². The van der Waals surface area contributed by atoms with Crippen LogP contribution in [-0.4, -0.2) is 11.5 Å². The molecule has 0 spiro atoms. The molecule has 1 rings (SSSR count). The Morgan fingerprint density at radius 1 is 1.43 bits per heavy atom. The third-order valence-electron chi connectivity index (χ3n) is 2.20. The van der Waals surface area contributed by atoms with Gasteiger partial charge in [0, 0.05) is 15.3 Å². The first-order valence-corrected chi connectivity index (χ1v) is 5.30. The summed E-state index contributed by atoms with van der Waals surface area (Å²) >= 11 is 3.33. The van der Waals surface area contributed by atoms with Crippen LogP contribution in [0.5, 0.6) is 0 Å². The first kappa shape index (κ1) is 11.2. The van der Waals surface area contributed by atoms with E-state index < -0.39 is 0 Å². The summed E-state index contributed by atoms with van der Waals surface area (Å²) in [7, 11) is 0. The summed E-state index contributed by atoms with van der Waals surface area (Å²) in [5.41, 5.74) is 1.03. The minimum absolute atomic E-state index is 0.0120. The van der Waals surface area contributed by atoms with Crippen LogP contribution in [0, 0.1) is 10.1 Å². The monoisotopic (exact) mass is 257 g/mol. The molecule has 3 nitrogen and oxygen atoms in total. The third-order valence-corrected chi connectivity index (χ3v) is 2.73. The molecule has 0 heterocycles. The van der Waals surface area contributed by atoms with Crippen molar-refractivity contribution >= 4 is 15.9 Å². The van der Waals surface area contributed by atoms with Crippen LogP contribution in [0.25, 0.3) is 0 Å². The number of hydrogen-bond donors (Lipinski definition) is 0. The fourth-order valence-electron chi connectivity index (χ4n) is 1.39. The van der Waals surface area contributed by atoms with Crippen molar-refractivity contribution < 1.29 is 4.92 Å². The lowest BCUT2D eigenvalue weighted by molar-refractivity contribution is -0.483. The van der Waals surface area contributed by atoms with Gasteiger partial charge in [-0.2, -0.15) is 0 Å². The van der Waals surface area contributed by atoms with Crippen molar-refractivity contribution in [3.05, 3.63) is 44.4 Å². The highest BCUT2D eigenvalue weighted by Crippen LogP contribution is 2.21. The number of nitro groups is 1. The minimum Gasteiger partial charge on any atom is -0.265 e. The summed E-state index contributed by atoms with van der Waals surface area (Å²) in [6.07, 6.45) is 0.794. The van der Waals surface area contributed by atoms with E-state index in [9.17, 15) is 10.1 Å². The standard InChI is InChI=1S/C10H12BrNO2/c1-2-8(7-12(13)14)9-3-5-10(11)6-4-9/h3-6,8H,2,7H2,1H3/t8-/m0/s1. The zero-order valence-electron chi connectivity index (χ0n) is 7.94. The van der Waals surface area contributed by atoms with Crippen LogP contribution < -0.4 is 0 Å². The molecule has 1 aromatic carbocycles. The molecule has 76 valence electrons. The van der Waals surface area contributed by atoms with Crippen LogP contribution in [0.3, 0.4) is 0 Å². The van der Waals surface area contributed by atoms with Gasteiger partial charge >= 0.3 is 0 Å². The summed E-state index contributed by atoms with van der Waals surface area (Å²) in [6, 6.07) is 7.69. The highest BCUT2D eigenvalue weighted by Gasteiger charge is 2.14. The number of halogens is 1. The first-order chi connectivity index (χ1) is 6.63. The summed E-state index contributed by atoms with van der Waals surface area (Å²) < 4.78 is 0.997. The van der Waals surface area contributed by atoms with Crippen LogP contribution in [0.4, 0.5) is 0 Å². The molecule has 0 aliphatic carbocycles. The predicted octanol–water partition coefficient (Wildman–Crippen LogP) is 3.22. The molecule has 0 unspecified atom stereocenters. The van der Waals surface area contributed by atoms with Crippen molar-refractivity contribution in [1.82, 2.24) is 0 Å². The van der Waals surface area contributed by atoms with Crippen molar-refractivity contribution in [3.8, 4) is 0 Å². The number of nitrogens with zero attached hydrogens (tertiary/aromatic N) is 1. The largest absolute Gasteiger partial charge is 0.265 e. The van der Waals surface area contributed by atoms with Gasteiger partial charge in [-0.3, -0.25) is 10.1 Å². The molecule has 4 heteroatoms. The second kappa shape index (κ2) is 5.10. The fourth-order valence-corrected chi connectivity index (χ4v) is 1.65. The molecular formula is C10H12BrNO2. The third kappa shape index (κ3) is 3.10. The molecule has 0 N–H and O–H groups in total. The van der Waals surface area contributed by atoms with E-state index in [4.69, 9.17) is 0 Å². The van der Waals surface area contributed by atoms with Gasteiger partial charge in [-0.1, -0.05) is 35.0 Å². The molecule has 0 radical (unpaired) electrons. The van der Waals surface area contributed by atoms with E-state index in [1.165, 1.54) is 0 Å². The second-order valence-electron chi connectivity index (χ2n) is 3.17. The summed E-state index contributed by atoms with van der Waals surface area (Å²) in [4.78, 5) is 10.2. The molecule has 0 aromatic heterocycles. The van der Waals surface area contributed by atoms with E-state index in [2.05, 4.69) is 15.9 Å². The van der Waals surface area contributed by atoms with Gasteiger partial charge in [0.1, 0.15) is 0 Å². The number of rotatable bonds is 4. The summed E-state index contributed by atoms with van der Waals surface area (Å²) in [5.74, 6) is 0.0260. The van der Waals surface area contributed by atoms with Gasteiger partial charge in [0.2, 0.25) is 6.54 Å². The summed E-state index contributed by atoms with van der Waals surface area (Å²) in [6.45, 7) is 1.98. The zero-order valence-corrected chi connectivity index (χ0v) is 9.53. The van der Waals surface area contributed by atoms with Gasteiger partial charge in [-0.05, 0) is 24.1 Å². The molecule has 0 bridgehead atoms. The second-order valence-corrected chi connectivity index (χ2v) is 4.09. The Kier molecular flexibility index (Phi) is 4.07. The van der Waals surface area contributed by atoms with Gasteiger partial charge < -0.3 is 0 Å². The SMILES string of the molecule is CC[C@@H](C[N+](=O)[O-])c1ccc(Br)cc1. The van der Waals surface area contributed by atoms with Crippen LogP contribution in [-0.2, 0) is 0 Å². The first-order valence-electron chi connectivity index (χ1n) is 4.50. The van der Waals surface area contributed by atoms with Gasteiger partial charge in [0.25, 0.3) is 0 Å². The molecule has 0 aliphatic rings. The number of benzene rings is 1. The maximum absolute atomic E-state index is 10.4. The molecule has 14 heavy (non-hydrogen) atoms. The molecule has 0 saturated carbocycles. The van der Waals surface area contributed by atoms with E-state index in [-0.39, 0.29) is 17.4 Å². The van der Waals surface area contributed by atoms with E-state index in [1.54, 1.807) is 0 Å². The lowest BCUT2D eigenvalue weighted by Crippen LogP contribution is -2.11. The molecule has 0 aliphatic heterocycles. The molecule has 0 fully saturated rings. The quantitative estimate of drug-likeness (QED) is 0.614. The van der Waals surface area contributed by atoms with Crippen LogP contribution in [0.2, 0.25) is 0 Å². The van der Waals surface area contributed by atoms with Gasteiger partial charge in [0.15, 0.2) is 0 Å². The molecule has 0 saturated heterocycles. The van der Waals surface area contributed by atoms with Gasteiger partial charge in [-0.25, -0.2) is 0 Å². The lowest BCUT2D eigenvalue weighted by atomic mass is 9.97. The van der Waals surface area contributed by atoms with Crippen LogP contribution in [0.1, 0.15) is 24.8 Å². The van der Waals surface area contributed by atoms with Gasteiger partial charge in [-0.15, -0.1) is 0 Å². The predicted molar refractivity (Wildman–Crippen MR) is 59.0 cm³/mol. The smallest absolute Gasteiger partial charge is 0.210 e. The Morgan fingerprint density at radius 3 is 2.43 bits per heavy atom. The van der Waals surface area contributed by atoms with Crippen molar-refractivity contribution in [3.63, 3.8) is 0 Å². The Balaban J connectivity index is 2.78. The van der Waals surface area contributed by atoms with E-state index in [0.29, 0.717) is 0 Å². The molecule has 1 atom stereocenters.